The van der Waals surface area contributed by atoms with Gasteiger partial charge in [-0.3, -0.25) is 0 Å². The molecule has 3 heterocycles. The molecule has 0 amide bonds. The molecule has 2 aliphatic heterocycles. The first-order valence-corrected chi connectivity index (χ1v) is 31.3. The van der Waals surface area contributed by atoms with Gasteiger partial charge in [0.2, 0.25) is 0 Å². The van der Waals surface area contributed by atoms with E-state index in [1.54, 1.807) is 0 Å². The highest BCUT2D eigenvalue weighted by Gasteiger charge is 2.51. The second-order valence-electron chi connectivity index (χ2n) is 31.3. The molecule has 1 aromatic heterocycles. The Morgan fingerprint density at radius 3 is 1.52 bits per heavy atom. The highest BCUT2D eigenvalue weighted by atomic mass is 16.3. The zero-order valence-electron chi connectivity index (χ0n) is 53.7. The van der Waals surface area contributed by atoms with Crippen LogP contribution in [0.25, 0.3) is 33.2 Å². The van der Waals surface area contributed by atoms with Crippen molar-refractivity contribution < 1.29 is 4.42 Å². The number of rotatable bonds is 6. The molecule has 0 radical (unpaired) electrons. The van der Waals surface area contributed by atoms with Crippen molar-refractivity contribution in [1.82, 2.24) is 0 Å². The van der Waals surface area contributed by atoms with Gasteiger partial charge in [-0.15, -0.1) is 0 Å². The van der Waals surface area contributed by atoms with Crippen molar-refractivity contribution >= 4 is 74.4 Å². The molecule has 9 aromatic rings. The number of anilines is 8. The Morgan fingerprint density at radius 2 is 0.952 bits per heavy atom. The monoisotopic (exact) mass is 1110 g/mol. The minimum Gasteiger partial charge on any atom is -0.466 e. The van der Waals surface area contributed by atoms with Crippen LogP contribution in [0.2, 0.25) is 0 Å². The van der Waals surface area contributed by atoms with E-state index in [4.69, 9.17) is 4.42 Å². The Labute approximate surface area is 503 Å². The van der Waals surface area contributed by atoms with Crippen LogP contribution in [0.4, 0.5) is 45.5 Å². The van der Waals surface area contributed by atoms with Gasteiger partial charge < -0.3 is 19.0 Å². The summed E-state index contributed by atoms with van der Waals surface area (Å²) in [7, 11) is 0. The molecule has 4 aliphatic rings. The number of aryl methyl sites for hydroxylation is 1. The highest BCUT2D eigenvalue weighted by Crippen LogP contribution is 2.56. The van der Waals surface area contributed by atoms with Gasteiger partial charge >= 0.3 is 6.85 Å². The number of furan rings is 1. The van der Waals surface area contributed by atoms with Crippen LogP contribution < -0.4 is 25.7 Å². The molecular weight excluding hydrogens is 1020 g/mol. The topological polar surface area (TPSA) is 22.9 Å². The molecule has 0 atom stereocenters. The minimum atomic E-state index is -0.302. The Hall–Kier alpha value is -7.24. The molecule has 0 N–H and O–H groups in total. The van der Waals surface area contributed by atoms with E-state index in [-0.39, 0.29) is 44.8 Å². The maximum absolute atomic E-state index is 7.88. The van der Waals surface area contributed by atoms with Gasteiger partial charge in [0.15, 0.2) is 0 Å². The Bertz CT molecular complexity index is 4040. The predicted molar refractivity (Wildman–Crippen MR) is 361 cm³/mol. The van der Waals surface area contributed by atoms with Crippen LogP contribution in [0, 0.1) is 6.92 Å². The molecule has 0 saturated heterocycles. The summed E-state index contributed by atoms with van der Waals surface area (Å²) in [6.07, 6.45) is 4.55. The van der Waals surface area contributed by atoms with Crippen molar-refractivity contribution in [2.24, 2.45) is 0 Å². The van der Waals surface area contributed by atoms with Crippen molar-refractivity contribution in [3.63, 3.8) is 0 Å². The van der Waals surface area contributed by atoms with E-state index in [2.05, 4.69) is 297 Å². The summed E-state index contributed by atoms with van der Waals surface area (Å²) in [6.45, 7) is 42.4. The third kappa shape index (κ3) is 9.07. The first-order valence-electron chi connectivity index (χ1n) is 31.3. The molecule has 4 nitrogen and oxygen atoms in total. The molecule has 0 unspecified atom stereocenters. The van der Waals surface area contributed by atoms with E-state index < -0.39 is 0 Å². The maximum atomic E-state index is 7.88. The lowest BCUT2D eigenvalue weighted by Crippen LogP contribution is -2.61. The lowest BCUT2D eigenvalue weighted by Gasteiger charge is -2.46. The SMILES string of the molecule is Cc1cc2c3c(c1)N(c1ccc(C(C)(C)C)cc1-c1ccccc1)c1c(oc4cc5c(cc14)C(C)(C)CCC5(C)C)B3N(c1ccc3c(c1)C(C)(C)CCC3(C)C)c1ccc(N(c3ccc(C(C)(C)C)cc3)c3ccc(C(C)(C)C)cc3)cc1-2. The second-order valence-corrected chi connectivity index (χ2v) is 31.3. The lowest BCUT2D eigenvalue weighted by molar-refractivity contribution is 0.332. The van der Waals surface area contributed by atoms with Crippen molar-refractivity contribution in [3.8, 4) is 22.3 Å². The van der Waals surface area contributed by atoms with Crippen LogP contribution in [-0.4, -0.2) is 6.85 Å². The van der Waals surface area contributed by atoms with E-state index in [9.17, 15) is 0 Å². The predicted octanol–water partition coefficient (Wildman–Crippen LogP) is 21.2. The quantitative estimate of drug-likeness (QED) is 0.155. The smallest absolute Gasteiger partial charge is 0.375 e. The zero-order valence-corrected chi connectivity index (χ0v) is 53.7. The van der Waals surface area contributed by atoms with Gasteiger partial charge in [-0.05, 0) is 217 Å². The first kappa shape index (κ1) is 55.9. The Kier molecular flexibility index (Phi) is 12.6. The van der Waals surface area contributed by atoms with Crippen molar-refractivity contribution in [3.05, 3.63) is 202 Å². The van der Waals surface area contributed by atoms with Crippen LogP contribution in [0.1, 0.15) is 188 Å². The van der Waals surface area contributed by atoms with Crippen LogP contribution >= 0.6 is 0 Å². The summed E-state index contributed by atoms with van der Waals surface area (Å²) in [4.78, 5) is 7.79. The number of hydrogen-bond donors (Lipinski definition) is 0. The first-order chi connectivity index (χ1) is 39.4. The van der Waals surface area contributed by atoms with Crippen LogP contribution in [-0.2, 0) is 37.9 Å². The van der Waals surface area contributed by atoms with Gasteiger partial charge in [0.05, 0.1) is 11.4 Å². The molecule has 0 saturated carbocycles. The highest BCUT2D eigenvalue weighted by molar-refractivity contribution is 6.93. The molecule has 13 rings (SSSR count). The van der Waals surface area contributed by atoms with Crippen molar-refractivity contribution in [1.29, 1.82) is 0 Å². The third-order valence-corrected chi connectivity index (χ3v) is 20.3. The van der Waals surface area contributed by atoms with E-state index in [1.165, 1.54) is 94.7 Å². The van der Waals surface area contributed by atoms with Gasteiger partial charge in [-0.2, -0.15) is 0 Å². The standard InChI is InChI=1S/C79H88BN3O/c1-49-42-60-59-45-56(81(54-29-24-51(25-30-54)73(2,3)4)55-31-26-52(27-32-55)74(5,6)7)34-37-67(59)83(57-33-35-62-63(46-57)77(13,14)39-38-76(62,11)12)80-70(60)68(43-49)82(66-36-28-53(75(8,9)10)44-58(66)50-22-20-19-21-23-50)71-61-47-64-65(48-69(61)84-72(71)80)79(17,18)41-40-78(64,15)16/h19-37,42-48H,38-41H2,1-18H3. The molecule has 0 bridgehead atoms. The van der Waals surface area contributed by atoms with Gasteiger partial charge in [0.25, 0.3) is 0 Å². The fraction of sp³-hybridized carbons (Fsp3) is 0.367. The average Bonchev–Trinajstić information content (AvgIpc) is 1.57. The largest absolute Gasteiger partial charge is 0.466 e. The molecule has 8 aromatic carbocycles. The molecular formula is C79H88BN3O. The summed E-state index contributed by atoms with van der Waals surface area (Å²) in [6, 6.07) is 61.7. The summed E-state index contributed by atoms with van der Waals surface area (Å²) in [5.41, 5.74) is 28.1. The van der Waals surface area contributed by atoms with Gasteiger partial charge in [0, 0.05) is 50.6 Å². The normalized spacial score (nSPS) is 17.3. The van der Waals surface area contributed by atoms with Crippen LogP contribution in [0.5, 0.6) is 0 Å². The number of hydrogen-bond acceptors (Lipinski definition) is 4. The number of nitrogens with zero attached hydrogens (tertiary/aromatic N) is 3. The Morgan fingerprint density at radius 1 is 0.440 bits per heavy atom. The van der Waals surface area contributed by atoms with E-state index in [0.29, 0.717) is 0 Å². The summed E-state index contributed by atoms with van der Waals surface area (Å²) >= 11 is 0. The zero-order chi connectivity index (χ0) is 59.6. The van der Waals surface area contributed by atoms with E-state index in [1.807, 2.05) is 0 Å². The fourth-order valence-corrected chi connectivity index (χ4v) is 14.8. The average molecular weight is 1110 g/mol. The lowest BCUT2D eigenvalue weighted by atomic mass is 9.45. The maximum Gasteiger partial charge on any atom is 0.375 e. The fourth-order valence-electron chi connectivity index (χ4n) is 14.8. The minimum absolute atomic E-state index is 0.00306. The van der Waals surface area contributed by atoms with Crippen LogP contribution in [0.15, 0.2) is 162 Å². The van der Waals surface area contributed by atoms with Gasteiger partial charge in [-0.25, -0.2) is 0 Å². The summed E-state index contributed by atoms with van der Waals surface area (Å²) in [5, 5.41) is 1.17. The molecule has 0 spiro atoms. The number of fused-ring (bicyclic) bond motifs is 8. The third-order valence-electron chi connectivity index (χ3n) is 20.3. The summed E-state index contributed by atoms with van der Waals surface area (Å²) < 4.78 is 7.88. The van der Waals surface area contributed by atoms with Crippen molar-refractivity contribution in [2.75, 3.05) is 14.6 Å². The van der Waals surface area contributed by atoms with Gasteiger partial charge in [0.1, 0.15) is 11.2 Å². The Balaban J connectivity index is 1.14. The molecule has 5 heteroatoms. The molecule has 428 valence electrons. The number of benzene rings is 8. The summed E-state index contributed by atoms with van der Waals surface area (Å²) in [5.74, 6) is 0. The second kappa shape index (κ2) is 18.9. The van der Waals surface area contributed by atoms with E-state index >= 15 is 0 Å². The van der Waals surface area contributed by atoms with E-state index in [0.717, 1.165) is 65.4 Å². The molecule has 2 aliphatic carbocycles. The molecule has 84 heavy (non-hydrogen) atoms. The van der Waals surface area contributed by atoms with Gasteiger partial charge in [-0.1, -0.05) is 190 Å². The molecule has 0 fully saturated rings. The van der Waals surface area contributed by atoms with Crippen LogP contribution in [0.3, 0.4) is 0 Å². The van der Waals surface area contributed by atoms with Crippen molar-refractivity contribution in [2.45, 2.75) is 188 Å².